The van der Waals surface area contributed by atoms with Crippen LogP contribution in [0.2, 0.25) is 5.02 Å². The third-order valence-corrected chi connectivity index (χ3v) is 4.58. The highest BCUT2D eigenvalue weighted by atomic mass is 127. The summed E-state index contributed by atoms with van der Waals surface area (Å²) in [7, 11) is 0. The summed E-state index contributed by atoms with van der Waals surface area (Å²) in [5.41, 5.74) is 4.15. The Labute approximate surface area is 147 Å². The summed E-state index contributed by atoms with van der Waals surface area (Å²) in [5, 5.41) is 0.726. The van der Waals surface area contributed by atoms with E-state index in [0.717, 1.165) is 36.7 Å². The Hall–Kier alpha value is -0.780. The number of hydrogen-bond donors (Lipinski definition) is 0. The average Bonchev–Trinajstić information content (AvgIpc) is 2.77. The van der Waals surface area contributed by atoms with E-state index in [1.807, 2.05) is 12.1 Å². The van der Waals surface area contributed by atoms with Crippen LogP contribution in [0.25, 0.3) is 16.7 Å². The van der Waals surface area contributed by atoms with E-state index in [2.05, 4.69) is 58.3 Å². The van der Waals surface area contributed by atoms with E-state index in [9.17, 15) is 0 Å². The minimum absolute atomic E-state index is 0.532. The number of fused-ring (bicyclic) bond motifs is 1. The second-order valence-electron chi connectivity index (χ2n) is 4.84. The lowest BCUT2D eigenvalue weighted by Crippen LogP contribution is -2.04. The molecule has 3 rings (SSSR count). The number of imidazole rings is 1. The molecule has 0 aliphatic rings. The molecule has 2 nitrogen and oxygen atoms in total. The number of halogens is 3. The molecule has 2 aromatic carbocycles. The zero-order valence-corrected chi connectivity index (χ0v) is 15.1. The molecule has 5 heteroatoms. The first kappa shape index (κ1) is 15.1. The van der Waals surface area contributed by atoms with Crippen molar-refractivity contribution in [3.05, 3.63) is 56.4 Å². The first-order chi connectivity index (χ1) is 10.1. The first-order valence-electron chi connectivity index (χ1n) is 6.60. The molecule has 0 radical (unpaired) electrons. The number of nitrogens with zero attached hydrogens (tertiary/aromatic N) is 2. The SMILES string of the molecule is Cc1cccc(Cl)c1-n1c(CCCl)nc2cc(I)ccc21. The summed E-state index contributed by atoms with van der Waals surface area (Å²) in [6.45, 7) is 2.06. The van der Waals surface area contributed by atoms with Crippen LogP contribution in [0.15, 0.2) is 36.4 Å². The molecule has 0 spiro atoms. The van der Waals surface area contributed by atoms with Gasteiger partial charge in [-0.2, -0.15) is 0 Å². The zero-order chi connectivity index (χ0) is 15.0. The predicted octanol–water partition coefficient (Wildman–Crippen LogP) is 5.37. The van der Waals surface area contributed by atoms with Crippen LogP contribution in [0.3, 0.4) is 0 Å². The van der Waals surface area contributed by atoms with Gasteiger partial charge in [0.2, 0.25) is 0 Å². The lowest BCUT2D eigenvalue weighted by molar-refractivity contribution is 0.907. The normalized spacial score (nSPS) is 11.2. The smallest absolute Gasteiger partial charge is 0.115 e. The van der Waals surface area contributed by atoms with Gasteiger partial charge in [-0.1, -0.05) is 23.7 Å². The van der Waals surface area contributed by atoms with Crippen LogP contribution in [0.4, 0.5) is 0 Å². The fourth-order valence-corrected chi connectivity index (χ4v) is 3.46. The molecule has 0 bridgehead atoms. The molecule has 0 N–H and O–H groups in total. The number of alkyl halides is 1. The Morgan fingerprint density at radius 1 is 1.24 bits per heavy atom. The highest BCUT2D eigenvalue weighted by molar-refractivity contribution is 14.1. The van der Waals surface area contributed by atoms with Crippen molar-refractivity contribution in [2.45, 2.75) is 13.3 Å². The predicted molar refractivity (Wildman–Crippen MR) is 98.0 cm³/mol. The van der Waals surface area contributed by atoms with Gasteiger partial charge in [-0.05, 0) is 59.3 Å². The van der Waals surface area contributed by atoms with Gasteiger partial charge in [0.05, 0.1) is 21.7 Å². The van der Waals surface area contributed by atoms with E-state index in [1.165, 1.54) is 0 Å². The van der Waals surface area contributed by atoms with Crippen molar-refractivity contribution in [2.24, 2.45) is 0 Å². The van der Waals surface area contributed by atoms with Crippen LogP contribution in [-0.2, 0) is 6.42 Å². The summed E-state index contributed by atoms with van der Waals surface area (Å²) in [6.07, 6.45) is 0.706. The second kappa shape index (κ2) is 6.15. The molecule has 0 fully saturated rings. The van der Waals surface area contributed by atoms with E-state index in [0.29, 0.717) is 12.3 Å². The highest BCUT2D eigenvalue weighted by Gasteiger charge is 2.16. The van der Waals surface area contributed by atoms with Gasteiger partial charge in [0, 0.05) is 15.9 Å². The molecule has 0 aliphatic heterocycles. The van der Waals surface area contributed by atoms with Gasteiger partial charge in [0.25, 0.3) is 0 Å². The van der Waals surface area contributed by atoms with Gasteiger partial charge < -0.3 is 0 Å². The topological polar surface area (TPSA) is 17.8 Å². The van der Waals surface area contributed by atoms with E-state index in [-0.39, 0.29) is 0 Å². The largest absolute Gasteiger partial charge is 0.294 e. The lowest BCUT2D eigenvalue weighted by Gasteiger charge is -2.13. The molecule has 0 saturated heterocycles. The van der Waals surface area contributed by atoms with Crippen molar-refractivity contribution < 1.29 is 0 Å². The number of para-hydroxylation sites is 1. The maximum atomic E-state index is 6.44. The Balaban J connectivity index is 2.36. The molecule has 0 atom stereocenters. The summed E-state index contributed by atoms with van der Waals surface area (Å²) >= 11 is 14.7. The first-order valence-corrected chi connectivity index (χ1v) is 8.59. The lowest BCUT2D eigenvalue weighted by atomic mass is 10.2. The number of rotatable bonds is 3. The Morgan fingerprint density at radius 3 is 2.76 bits per heavy atom. The van der Waals surface area contributed by atoms with Crippen molar-refractivity contribution in [3.8, 4) is 5.69 Å². The monoisotopic (exact) mass is 430 g/mol. The number of hydrogen-bond acceptors (Lipinski definition) is 1. The van der Waals surface area contributed by atoms with Gasteiger partial charge >= 0.3 is 0 Å². The molecule has 3 aromatic rings. The van der Waals surface area contributed by atoms with Crippen molar-refractivity contribution in [1.82, 2.24) is 9.55 Å². The quantitative estimate of drug-likeness (QED) is 0.403. The van der Waals surface area contributed by atoms with E-state index in [1.54, 1.807) is 0 Å². The molecule has 1 heterocycles. The summed E-state index contributed by atoms with van der Waals surface area (Å²) in [6, 6.07) is 12.2. The minimum Gasteiger partial charge on any atom is -0.294 e. The molecule has 1 aromatic heterocycles. The van der Waals surface area contributed by atoms with Gasteiger partial charge in [0.15, 0.2) is 0 Å². The van der Waals surface area contributed by atoms with E-state index < -0.39 is 0 Å². The zero-order valence-electron chi connectivity index (χ0n) is 11.4. The summed E-state index contributed by atoms with van der Waals surface area (Å²) in [5.74, 6) is 1.47. The summed E-state index contributed by atoms with van der Waals surface area (Å²) < 4.78 is 3.30. The van der Waals surface area contributed by atoms with Crippen LogP contribution in [0.1, 0.15) is 11.4 Å². The van der Waals surface area contributed by atoms with Crippen LogP contribution in [0, 0.1) is 10.5 Å². The average molecular weight is 431 g/mol. The molecule has 108 valence electrons. The molecule has 21 heavy (non-hydrogen) atoms. The molecular weight excluding hydrogens is 418 g/mol. The molecule has 0 unspecified atom stereocenters. The molecule has 0 saturated carbocycles. The third-order valence-electron chi connectivity index (χ3n) is 3.42. The van der Waals surface area contributed by atoms with Crippen molar-refractivity contribution >= 4 is 56.8 Å². The van der Waals surface area contributed by atoms with Crippen molar-refractivity contribution in [2.75, 3.05) is 5.88 Å². The Bertz CT molecular complexity index is 791. The van der Waals surface area contributed by atoms with Crippen LogP contribution in [0.5, 0.6) is 0 Å². The number of benzene rings is 2. The fourth-order valence-electron chi connectivity index (χ4n) is 2.51. The molecular formula is C16H13Cl2IN2. The van der Waals surface area contributed by atoms with Crippen LogP contribution >= 0.6 is 45.8 Å². The van der Waals surface area contributed by atoms with E-state index in [4.69, 9.17) is 28.2 Å². The Kier molecular flexibility index (Phi) is 4.43. The van der Waals surface area contributed by atoms with Gasteiger partial charge in [-0.3, -0.25) is 4.57 Å². The van der Waals surface area contributed by atoms with Crippen molar-refractivity contribution in [1.29, 1.82) is 0 Å². The maximum absolute atomic E-state index is 6.44. The van der Waals surface area contributed by atoms with Crippen LogP contribution < -0.4 is 0 Å². The molecule has 0 aliphatic carbocycles. The third kappa shape index (κ3) is 2.79. The van der Waals surface area contributed by atoms with Gasteiger partial charge in [-0.25, -0.2) is 4.98 Å². The van der Waals surface area contributed by atoms with Gasteiger partial charge in [-0.15, -0.1) is 11.6 Å². The highest BCUT2D eigenvalue weighted by Crippen LogP contribution is 2.30. The standard InChI is InChI=1S/C16H13Cl2IN2/c1-10-3-2-4-12(18)16(10)21-14-6-5-11(19)9-13(14)20-15(21)7-8-17/h2-6,9H,7-8H2,1H3. The van der Waals surface area contributed by atoms with E-state index >= 15 is 0 Å². The number of aromatic nitrogens is 2. The Morgan fingerprint density at radius 2 is 2.05 bits per heavy atom. The maximum Gasteiger partial charge on any atom is 0.115 e. The molecule has 0 amide bonds. The van der Waals surface area contributed by atoms with Crippen LogP contribution in [-0.4, -0.2) is 15.4 Å². The van der Waals surface area contributed by atoms with Gasteiger partial charge in [0.1, 0.15) is 5.82 Å². The summed E-state index contributed by atoms with van der Waals surface area (Å²) in [4.78, 5) is 4.74. The second-order valence-corrected chi connectivity index (χ2v) is 6.87. The number of aryl methyl sites for hydroxylation is 2. The minimum atomic E-state index is 0.532. The van der Waals surface area contributed by atoms with Crippen molar-refractivity contribution in [3.63, 3.8) is 0 Å². The fraction of sp³-hybridized carbons (Fsp3) is 0.188.